The lowest BCUT2D eigenvalue weighted by Gasteiger charge is -2.15. The SMILES string of the molecule is CC(C)CCCC(C)NCc1ccc(/C(N)=N/O)cc1Cl. The van der Waals surface area contributed by atoms with Crippen LogP contribution >= 0.6 is 11.6 Å². The molecule has 0 aliphatic rings. The third-order valence-electron chi connectivity index (χ3n) is 3.52. The molecule has 0 saturated heterocycles. The van der Waals surface area contributed by atoms with Crippen molar-refractivity contribution in [2.45, 2.75) is 52.6 Å². The molecule has 0 fully saturated rings. The summed E-state index contributed by atoms with van der Waals surface area (Å²) in [6.07, 6.45) is 3.67. The molecule has 21 heavy (non-hydrogen) atoms. The highest BCUT2D eigenvalue weighted by Gasteiger charge is 2.07. The Kier molecular flexibility index (Phi) is 7.54. The highest BCUT2D eigenvalue weighted by Crippen LogP contribution is 2.18. The van der Waals surface area contributed by atoms with Gasteiger partial charge in [-0.1, -0.05) is 55.6 Å². The molecule has 4 nitrogen and oxygen atoms in total. The normalized spacial score (nSPS) is 13.7. The molecule has 0 amide bonds. The zero-order valence-corrected chi connectivity index (χ0v) is 13.8. The molecule has 1 unspecified atom stereocenters. The fourth-order valence-corrected chi connectivity index (χ4v) is 2.37. The molecule has 118 valence electrons. The molecule has 0 aliphatic carbocycles. The average molecular weight is 312 g/mol. The van der Waals surface area contributed by atoms with E-state index in [4.69, 9.17) is 22.5 Å². The Morgan fingerprint density at radius 3 is 2.62 bits per heavy atom. The van der Waals surface area contributed by atoms with Crippen molar-refractivity contribution >= 4 is 17.4 Å². The van der Waals surface area contributed by atoms with E-state index in [2.05, 4.69) is 31.2 Å². The number of amidine groups is 1. The number of nitrogens with two attached hydrogens (primary N) is 1. The van der Waals surface area contributed by atoms with Gasteiger partial charge in [0.2, 0.25) is 0 Å². The minimum Gasteiger partial charge on any atom is -0.409 e. The zero-order valence-electron chi connectivity index (χ0n) is 13.1. The van der Waals surface area contributed by atoms with E-state index in [1.165, 1.54) is 12.8 Å². The summed E-state index contributed by atoms with van der Waals surface area (Å²) >= 11 is 6.23. The lowest BCUT2D eigenvalue weighted by atomic mass is 10.0. The van der Waals surface area contributed by atoms with Crippen LogP contribution in [-0.4, -0.2) is 17.1 Å². The van der Waals surface area contributed by atoms with E-state index in [9.17, 15) is 0 Å². The first kappa shape index (κ1) is 17.8. The molecular weight excluding hydrogens is 286 g/mol. The number of halogens is 1. The Morgan fingerprint density at radius 1 is 1.33 bits per heavy atom. The van der Waals surface area contributed by atoms with Gasteiger partial charge in [-0.2, -0.15) is 0 Å². The van der Waals surface area contributed by atoms with Gasteiger partial charge < -0.3 is 16.3 Å². The quantitative estimate of drug-likeness (QED) is 0.296. The van der Waals surface area contributed by atoms with E-state index >= 15 is 0 Å². The van der Waals surface area contributed by atoms with Gasteiger partial charge in [-0.25, -0.2) is 0 Å². The van der Waals surface area contributed by atoms with Crippen molar-refractivity contribution in [3.05, 3.63) is 34.3 Å². The molecule has 1 aromatic carbocycles. The van der Waals surface area contributed by atoms with Gasteiger partial charge in [0.1, 0.15) is 0 Å². The van der Waals surface area contributed by atoms with E-state index in [0.717, 1.165) is 24.4 Å². The Morgan fingerprint density at radius 2 is 2.05 bits per heavy atom. The van der Waals surface area contributed by atoms with Crippen LogP contribution in [0, 0.1) is 5.92 Å². The molecule has 0 bridgehead atoms. The summed E-state index contributed by atoms with van der Waals surface area (Å²) in [4.78, 5) is 0. The summed E-state index contributed by atoms with van der Waals surface area (Å²) in [5, 5.41) is 15.7. The highest BCUT2D eigenvalue weighted by molar-refractivity contribution is 6.31. The molecule has 0 radical (unpaired) electrons. The minimum atomic E-state index is 0.0680. The van der Waals surface area contributed by atoms with Crippen molar-refractivity contribution in [1.29, 1.82) is 0 Å². The molecule has 0 spiro atoms. The third kappa shape index (κ3) is 6.36. The zero-order chi connectivity index (χ0) is 15.8. The van der Waals surface area contributed by atoms with Crippen LogP contribution in [0.1, 0.15) is 51.2 Å². The van der Waals surface area contributed by atoms with Gasteiger partial charge >= 0.3 is 0 Å². The maximum absolute atomic E-state index is 8.65. The second-order valence-electron chi connectivity index (χ2n) is 5.90. The van der Waals surface area contributed by atoms with Crippen LogP contribution in [0.3, 0.4) is 0 Å². The van der Waals surface area contributed by atoms with Gasteiger partial charge in [0.05, 0.1) is 0 Å². The number of nitrogens with one attached hydrogen (secondary N) is 1. The summed E-state index contributed by atoms with van der Waals surface area (Å²) in [6, 6.07) is 5.89. The average Bonchev–Trinajstić information content (AvgIpc) is 2.44. The minimum absolute atomic E-state index is 0.0680. The molecule has 0 heterocycles. The van der Waals surface area contributed by atoms with E-state index in [0.29, 0.717) is 16.6 Å². The first-order valence-corrected chi connectivity index (χ1v) is 7.81. The molecule has 0 aliphatic heterocycles. The fraction of sp³-hybridized carbons (Fsp3) is 0.562. The van der Waals surface area contributed by atoms with Crippen LogP contribution in [-0.2, 0) is 6.54 Å². The van der Waals surface area contributed by atoms with Crippen molar-refractivity contribution in [2.24, 2.45) is 16.8 Å². The summed E-state index contributed by atoms with van der Waals surface area (Å²) < 4.78 is 0. The Hall–Kier alpha value is -1.26. The number of benzene rings is 1. The predicted octanol–water partition coefficient (Wildman–Crippen LogP) is 3.74. The van der Waals surface area contributed by atoms with Gasteiger partial charge in [-0.3, -0.25) is 0 Å². The van der Waals surface area contributed by atoms with Crippen molar-refractivity contribution in [1.82, 2.24) is 5.32 Å². The number of oxime groups is 1. The number of hydrogen-bond acceptors (Lipinski definition) is 3. The van der Waals surface area contributed by atoms with Crippen LogP contribution in [0.5, 0.6) is 0 Å². The van der Waals surface area contributed by atoms with E-state index in [-0.39, 0.29) is 5.84 Å². The van der Waals surface area contributed by atoms with Crippen LogP contribution in [0.15, 0.2) is 23.4 Å². The summed E-state index contributed by atoms with van der Waals surface area (Å²) in [6.45, 7) is 7.42. The molecular formula is C16H26ClN3O. The molecule has 1 rings (SSSR count). The van der Waals surface area contributed by atoms with Crippen molar-refractivity contribution in [3.8, 4) is 0 Å². The van der Waals surface area contributed by atoms with Crippen LogP contribution in [0.4, 0.5) is 0 Å². The summed E-state index contributed by atoms with van der Waals surface area (Å²) in [7, 11) is 0. The topological polar surface area (TPSA) is 70.6 Å². The van der Waals surface area contributed by atoms with Crippen LogP contribution < -0.4 is 11.1 Å². The Bertz CT molecular complexity index is 475. The van der Waals surface area contributed by atoms with Gasteiger partial charge in [-0.05, 0) is 30.9 Å². The second-order valence-corrected chi connectivity index (χ2v) is 6.31. The first-order chi connectivity index (χ1) is 9.93. The molecule has 0 aromatic heterocycles. The Balaban J connectivity index is 2.48. The highest BCUT2D eigenvalue weighted by atomic mass is 35.5. The van der Waals surface area contributed by atoms with Gasteiger partial charge in [0, 0.05) is 23.2 Å². The van der Waals surface area contributed by atoms with Gasteiger partial charge in [0.15, 0.2) is 5.84 Å². The van der Waals surface area contributed by atoms with E-state index in [1.54, 1.807) is 12.1 Å². The maximum atomic E-state index is 8.65. The lowest BCUT2D eigenvalue weighted by Crippen LogP contribution is -2.25. The van der Waals surface area contributed by atoms with E-state index in [1.807, 2.05) is 6.07 Å². The van der Waals surface area contributed by atoms with Gasteiger partial charge in [-0.15, -0.1) is 0 Å². The molecule has 1 atom stereocenters. The standard InChI is InChI=1S/C16H26ClN3O/c1-11(2)5-4-6-12(3)19-10-14-8-7-13(9-15(14)17)16(18)20-21/h7-9,11-12,19,21H,4-6,10H2,1-3H3,(H2,18,20). The Labute approximate surface area is 132 Å². The summed E-state index contributed by atoms with van der Waals surface area (Å²) in [5.41, 5.74) is 7.18. The van der Waals surface area contributed by atoms with Crippen molar-refractivity contribution < 1.29 is 5.21 Å². The third-order valence-corrected chi connectivity index (χ3v) is 3.87. The smallest absolute Gasteiger partial charge is 0.170 e. The van der Waals surface area contributed by atoms with Gasteiger partial charge in [0.25, 0.3) is 0 Å². The molecule has 1 aromatic rings. The second kappa shape index (κ2) is 8.90. The van der Waals surface area contributed by atoms with Crippen LogP contribution in [0.25, 0.3) is 0 Å². The first-order valence-electron chi connectivity index (χ1n) is 7.43. The molecule has 0 saturated carbocycles. The maximum Gasteiger partial charge on any atom is 0.170 e. The fourth-order valence-electron chi connectivity index (χ4n) is 2.13. The number of nitrogens with zero attached hydrogens (tertiary/aromatic N) is 1. The largest absolute Gasteiger partial charge is 0.409 e. The lowest BCUT2D eigenvalue weighted by molar-refractivity contribution is 0.318. The van der Waals surface area contributed by atoms with Crippen LogP contribution in [0.2, 0.25) is 5.02 Å². The predicted molar refractivity (Wildman–Crippen MR) is 89.0 cm³/mol. The van der Waals surface area contributed by atoms with Crippen molar-refractivity contribution in [2.75, 3.05) is 0 Å². The summed E-state index contributed by atoms with van der Waals surface area (Å²) in [5.74, 6) is 0.830. The molecule has 4 N–H and O–H groups in total. The molecule has 5 heteroatoms. The van der Waals surface area contributed by atoms with E-state index < -0.39 is 0 Å². The number of rotatable bonds is 8. The number of hydrogen-bond donors (Lipinski definition) is 3. The van der Waals surface area contributed by atoms with Crippen molar-refractivity contribution in [3.63, 3.8) is 0 Å². The monoisotopic (exact) mass is 311 g/mol.